The fourth-order valence-corrected chi connectivity index (χ4v) is 2.33. The second-order valence-corrected chi connectivity index (χ2v) is 5.21. The first-order valence-electron chi connectivity index (χ1n) is 6.13. The summed E-state index contributed by atoms with van der Waals surface area (Å²) in [6.45, 7) is 0. The number of hydrogen-bond acceptors (Lipinski definition) is 3. The molecule has 1 aromatic rings. The fourth-order valence-electron chi connectivity index (χ4n) is 2.11. The molecule has 4 nitrogen and oxygen atoms in total. The summed E-state index contributed by atoms with van der Waals surface area (Å²) in [6.07, 6.45) is -1.82. The van der Waals surface area contributed by atoms with Gasteiger partial charge in [-0.25, -0.2) is 0 Å². The quantitative estimate of drug-likeness (QED) is 0.665. The second-order valence-electron chi connectivity index (χ2n) is 4.80. The first-order valence-corrected chi connectivity index (χ1v) is 6.51. The molecule has 0 radical (unpaired) electrons. The van der Waals surface area contributed by atoms with E-state index >= 15 is 0 Å². The lowest BCUT2D eigenvalue weighted by atomic mass is 9.79. The third-order valence-corrected chi connectivity index (χ3v) is 3.65. The first-order chi connectivity index (χ1) is 9.81. The first kappa shape index (κ1) is 15.4. The van der Waals surface area contributed by atoms with Gasteiger partial charge in [0.1, 0.15) is 0 Å². The van der Waals surface area contributed by atoms with Crippen LogP contribution >= 0.6 is 11.6 Å². The molecule has 1 saturated carbocycles. The Morgan fingerprint density at radius 3 is 2.62 bits per heavy atom. The van der Waals surface area contributed by atoms with E-state index in [9.17, 15) is 18.0 Å². The van der Waals surface area contributed by atoms with Crippen LogP contribution in [0.2, 0.25) is 5.02 Å². The topological polar surface area (TPSA) is 64.9 Å². The van der Waals surface area contributed by atoms with Crippen molar-refractivity contribution < 1.29 is 18.0 Å². The normalized spacial score (nSPS) is 21.1. The van der Waals surface area contributed by atoms with Crippen LogP contribution in [-0.4, -0.2) is 11.9 Å². The highest BCUT2D eigenvalue weighted by Crippen LogP contribution is 2.36. The Balaban J connectivity index is 2.01. The van der Waals surface area contributed by atoms with Gasteiger partial charge in [0.2, 0.25) is 5.91 Å². The third kappa shape index (κ3) is 3.58. The zero-order valence-corrected chi connectivity index (χ0v) is 11.4. The minimum atomic E-state index is -4.57. The van der Waals surface area contributed by atoms with Gasteiger partial charge in [-0.2, -0.15) is 18.4 Å². The largest absolute Gasteiger partial charge is 0.417 e. The maximum absolute atomic E-state index is 12.7. The van der Waals surface area contributed by atoms with Gasteiger partial charge in [0.15, 0.2) is 6.19 Å². The van der Waals surface area contributed by atoms with Gasteiger partial charge < -0.3 is 10.6 Å². The summed E-state index contributed by atoms with van der Waals surface area (Å²) in [5, 5.41) is 13.0. The van der Waals surface area contributed by atoms with Gasteiger partial charge in [-0.05, 0) is 31.0 Å². The molecule has 8 heteroatoms. The maximum atomic E-state index is 12.7. The van der Waals surface area contributed by atoms with Crippen LogP contribution in [0.4, 0.5) is 18.9 Å². The van der Waals surface area contributed by atoms with Crippen LogP contribution in [0, 0.1) is 17.4 Å². The van der Waals surface area contributed by atoms with Gasteiger partial charge in [-0.3, -0.25) is 4.79 Å². The van der Waals surface area contributed by atoms with Crippen LogP contribution in [-0.2, 0) is 11.0 Å². The standard InChI is InChI=1S/C13H11ClF3N3O/c14-11-2-1-8(5-10(11)13(15,16)17)20-12(21)7-3-9(4-7)19-6-18/h1-2,5,7,9,19H,3-4H2,(H,20,21)/t7-,9-. The highest BCUT2D eigenvalue weighted by Gasteiger charge is 2.36. The van der Waals surface area contributed by atoms with Crippen molar-refractivity contribution in [1.82, 2.24) is 5.32 Å². The molecule has 0 atom stereocenters. The van der Waals surface area contributed by atoms with Gasteiger partial charge in [0.05, 0.1) is 10.6 Å². The average molecular weight is 318 g/mol. The molecule has 1 fully saturated rings. The van der Waals surface area contributed by atoms with E-state index in [1.165, 1.54) is 6.07 Å². The number of benzene rings is 1. The summed E-state index contributed by atoms with van der Waals surface area (Å²) in [5.74, 6) is -0.665. The molecule has 1 amide bonds. The summed E-state index contributed by atoms with van der Waals surface area (Å²) in [4.78, 5) is 11.9. The smallest absolute Gasteiger partial charge is 0.326 e. The molecule has 1 aliphatic rings. The molecule has 112 valence electrons. The molecule has 1 aliphatic carbocycles. The number of hydrogen-bond donors (Lipinski definition) is 2. The average Bonchev–Trinajstić information content (AvgIpc) is 2.34. The Kier molecular flexibility index (Phi) is 4.28. The van der Waals surface area contributed by atoms with E-state index in [1.54, 1.807) is 6.19 Å². The molecule has 2 N–H and O–H groups in total. The number of anilines is 1. The van der Waals surface area contributed by atoms with Crippen molar-refractivity contribution in [3.63, 3.8) is 0 Å². The Labute approximate surface area is 123 Å². The molecule has 0 saturated heterocycles. The number of nitriles is 1. The molecule has 1 aromatic carbocycles. The Morgan fingerprint density at radius 2 is 2.05 bits per heavy atom. The zero-order valence-electron chi connectivity index (χ0n) is 10.7. The van der Waals surface area contributed by atoms with E-state index in [-0.39, 0.29) is 23.6 Å². The monoisotopic (exact) mass is 317 g/mol. The molecule has 0 spiro atoms. The number of rotatable bonds is 3. The molecule has 0 heterocycles. The Hall–Kier alpha value is -1.94. The number of nitrogens with one attached hydrogen (secondary N) is 2. The van der Waals surface area contributed by atoms with Gasteiger partial charge in [-0.15, -0.1) is 0 Å². The lowest BCUT2D eigenvalue weighted by molar-refractivity contribution is -0.137. The summed E-state index contributed by atoms with van der Waals surface area (Å²) in [6, 6.07) is 3.19. The van der Waals surface area contributed by atoms with E-state index in [2.05, 4.69) is 10.6 Å². The van der Waals surface area contributed by atoms with Crippen molar-refractivity contribution in [3.05, 3.63) is 28.8 Å². The minimum absolute atomic E-state index is 0.0401. The van der Waals surface area contributed by atoms with Gasteiger partial charge in [0.25, 0.3) is 0 Å². The number of alkyl halides is 3. The fraction of sp³-hybridized carbons (Fsp3) is 0.385. The lowest BCUT2D eigenvalue weighted by Crippen LogP contribution is -2.44. The van der Waals surface area contributed by atoms with Crippen molar-refractivity contribution in [2.75, 3.05) is 5.32 Å². The van der Waals surface area contributed by atoms with Crippen molar-refractivity contribution in [1.29, 1.82) is 5.26 Å². The molecule has 2 rings (SSSR count). The maximum Gasteiger partial charge on any atom is 0.417 e. The number of amides is 1. The second kappa shape index (κ2) is 5.82. The van der Waals surface area contributed by atoms with Gasteiger partial charge in [0, 0.05) is 17.6 Å². The van der Waals surface area contributed by atoms with E-state index < -0.39 is 16.8 Å². The van der Waals surface area contributed by atoms with Crippen LogP contribution in [0.25, 0.3) is 0 Å². The highest BCUT2D eigenvalue weighted by atomic mass is 35.5. The highest BCUT2D eigenvalue weighted by molar-refractivity contribution is 6.31. The number of carbonyl (C=O) groups is 1. The molecule has 0 unspecified atom stereocenters. The minimum Gasteiger partial charge on any atom is -0.326 e. The third-order valence-electron chi connectivity index (χ3n) is 3.32. The summed E-state index contributed by atoms with van der Waals surface area (Å²) in [5.41, 5.74) is -0.937. The predicted molar refractivity (Wildman–Crippen MR) is 70.3 cm³/mol. The molecule has 0 aliphatic heterocycles. The van der Waals surface area contributed by atoms with Crippen molar-refractivity contribution >= 4 is 23.2 Å². The summed E-state index contributed by atoms with van der Waals surface area (Å²) in [7, 11) is 0. The number of halogens is 4. The van der Waals surface area contributed by atoms with Crippen LogP contribution in [0.3, 0.4) is 0 Å². The zero-order chi connectivity index (χ0) is 15.6. The van der Waals surface area contributed by atoms with E-state index in [1.807, 2.05) is 0 Å². The molecular weight excluding hydrogens is 307 g/mol. The van der Waals surface area contributed by atoms with Crippen molar-refractivity contribution in [2.24, 2.45) is 5.92 Å². The molecular formula is C13H11ClF3N3O. The number of carbonyl (C=O) groups excluding carboxylic acids is 1. The van der Waals surface area contributed by atoms with Crippen LogP contribution in [0.15, 0.2) is 18.2 Å². The molecule has 0 aromatic heterocycles. The SMILES string of the molecule is N#CN[C@H]1C[C@H](C(=O)Nc2ccc(Cl)c(C(F)(F)F)c2)C1. The summed E-state index contributed by atoms with van der Waals surface area (Å²) >= 11 is 5.50. The Morgan fingerprint density at radius 1 is 1.38 bits per heavy atom. The van der Waals surface area contributed by atoms with Crippen LogP contribution in [0.5, 0.6) is 0 Å². The summed E-state index contributed by atoms with van der Waals surface area (Å²) < 4.78 is 38.1. The van der Waals surface area contributed by atoms with Crippen molar-refractivity contribution in [2.45, 2.75) is 25.1 Å². The lowest BCUT2D eigenvalue weighted by Gasteiger charge is -2.33. The molecule has 0 bridgehead atoms. The van der Waals surface area contributed by atoms with Gasteiger partial charge in [-0.1, -0.05) is 11.6 Å². The van der Waals surface area contributed by atoms with E-state index in [4.69, 9.17) is 16.9 Å². The predicted octanol–water partition coefficient (Wildman–Crippen LogP) is 3.15. The van der Waals surface area contributed by atoms with Crippen LogP contribution < -0.4 is 10.6 Å². The number of nitrogens with zero attached hydrogens (tertiary/aromatic N) is 1. The van der Waals surface area contributed by atoms with Gasteiger partial charge >= 0.3 is 6.18 Å². The Bertz CT molecular complexity index is 591. The van der Waals surface area contributed by atoms with Crippen LogP contribution in [0.1, 0.15) is 18.4 Å². The van der Waals surface area contributed by atoms with Crippen molar-refractivity contribution in [3.8, 4) is 6.19 Å². The molecule has 21 heavy (non-hydrogen) atoms. The van der Waals surface area contributed by atoms with E-state index in [0.717, 1.165) is 12.1 Å². The van der Waals surface area contributed by atoms with E-state index in [0.29, 0.717) is 12.8 Å².